The lowest BCUT2D eigenvalue weighted by atomic mass is 10.3. The van der Waals surface area contributed by atoms with Crippen molar-refractivity contribution in [1.29, 1.82) is 0 Å². The van der Waals surface area contributed by atoms with Crippen molar-refractivity contribution < 1.29 is 8.42 Å². The summed E-state index contributed by atoms with van der Waals surface area (Å²) in [5.41, 5.74) is 6.44. The number of anilines is 1. The van der Waals surface area contributed by atoms with Crippen LogP contribution in [0, 0.1) is 0 Å². The molecule has 0 aliphatic heterocycles. The molecule has 0 aliphatic rings. The third-order valence-corrected chi connectivity index (χ3v) is 5.02. The number of benzene rings is 1. The van der Waals surface area contributed by atoms with Gasteiger partial charge in [-0.15, -0.1) is 11.8 Å². The minimum absolute atomic E-state index is 0.278. The van der Waals surface area contributed by atoms with Gasteiger partial charge in [0.25, 0.3) is 0 Å². The molecule has 0 fully saturated rings. The normalized spacial score (nSPS) is 12.4. The summed E-state index contributed by atoms with van der Waals surface area (Å²) in [5, 5.41) is 0.356. The highest BCUT2D eigenvalue weighted by atomic mass is 32.2. The van der Waals surface area contributed by atoms with Crippen molar-refractivity contribution in [3.63, 3.8) is 0 Å². The highest BCUT2D eigenvalue weighted by Gasteiger charge is 2.18. The fourth-order valence-electron chi connectivity index (χ4n) is 1.24. The number of hydrogen-bond acceptors (Lipinski definition) is 4. The number of nitrogen functional groups attached to an aromatic ring is 1. The molecular formula is C11H18N2O2S2. The van der Waals surface area contributed by atoms with Crippen molar-refractivity contribution in [3.05, 3.63) is 18.2 Å². The van der Waals surface area contributed by atoms with Gasteiger partial charge in [0.15, 0.2) is 0 Å². The van der Waals surface area contributed by atoms with Gasteiger partial charge in [0, 0.05) is 29.9 Å². The molecule has 0 bridgehead atoms. The Morgan fingerprint density at radius 1 is 1.29 bits per heavy atom. The number of nitrogens with zero attached hydrogens (tertiary/aromatic N) is 1. The fraction of sp³-hybridized carbons (Fsp3) is 0.455. The van der Waals surface area contributed by atoms with E-state index in [9.17, 15) is 8.42 Å². The van der Waals surface area contributed by atoms with Crippen molar-refractivity contribution in [2.75, 3.05) is 19.8 Å². The molecule has 0 unspecified atom stereocenters. The predicted molar refractivity (Wildman–Crippen MR) is 72.7 cm³/mol. The van der Waals surface area contributed by atoms with E-state index >= 15 is 0 Å². The van der Waals surface area contributed by atoms with E-state index < -0.39 is 10.0 Å². The molecule has 4 nitrogen and oxygen atoms in total. The SMILES string of the molecule is CC(C)Sc1cc(S(=O)(=O)N(C)C)ccc1N. The molecule has 2 N–H and O–H groups in total. The lowest BCUT2D eigenvalue weighted by Crippen LogP contribution is -2.22. The van der Waals surface area contributed by atoms with Crippen molar-refractivity contribution in [3.8, 4) is 0 Å². The summed E-state index contributed by atoms with van der Waals surface area (Å²) in [6.45, 7) is 4.08. The molecule has 96 valence electrons. The average Bonchev–Trinajstić information content (AvgIpc) is 2.20. The van der Waals surface area contributed by atoms with Gasteiger partial charge in [-0.1, -0.05) is 13.8 Å². The van der Waals surface area contributed by atoms with Crippen LogP contribution in [0.3, 0.4) is 0 Å². The second-order valence-electron chi connectivity index (χ2n) is 4.15. The largest absolute Gasteiger partial charge is 0.398 e. The third kappa shape index (κ3) is 3.37. The van der Waals surface area contributed by atoms with Gasteiger partial charge >= 0.3 is 0 Å². The molecule has 0 aliphatic carbocycles. The number of hydrogen-bond donors (Lipinski definition) is 1. The van der Waals surface area contributed by atoms with Gasteiger partial charge in [0.2, 0.25) is 10.0 Å². The minimum atomic E-state index is -3.39. The Kier molecular flexibility index (Phi) is 4.46. The van der Waals surface area contributed by atoms with E-state index in [0.717, 1.165) is 4.90 Å². The first-order valence-electron chi connectivity index (χ1n) is 5.24. The predicted octanol–water partition coefficient (Wildman–Crippen LogP) is 2.02. The van der Waals surface area contributed by atoms with E-state index in [1.165, 1.54) is 24.5 Å². The monoisotopic (exact) mass is 274 g/mol. The van der Waals surface area contributed by atoms with E-state index in [4.69, 9.17) is 5.73 Å². The lowest BCUT2D eigenvalue weighted by Gasteiger charge is -2.14. The van der Waals surface area contributed by atoms with Gasteiger partial charge in [-0.2, -0.15) is 0 Å². The van der Waals surface area contributed by atoms with Crippen LogP contribution >= 0.6 is 11.8 Å². The van der Waals surface area contributed by atoms with Gasteiger partial charge in [0.05, 0.1) is 4.90 Å². The molecule has 1 rings (SSSR count). The van der Waals surface area contributed by atoms with Crippen LogP contribution in [-0.4, -0.2) is 32.1 Å². The number of nitrogens with two attached hydrogens (primary N) is 1. The standard InChI is InChI=1S/C11H18N2O2S2/c1-8(2)16-11-7-9(5-6-10(11)12)17(14,15)13(3)4/h5-8H,12H2,1-4H3. The zero-order valence-corrected chi connectivity index (χ0v) is 12.1. The Hall–Kier alpha value is -0.720. The Bertz CT molecular complexity index is 496. The highest BCUT2D eigenvalue weighted by Crippen LogP contribution is 2.31. The summed E-state index contributed by atoms with van der Waals surface area (Å²) in [6.07, 6.45) is 0. The maximum atomic E-state index is 12.0. The van der Waals surface area contributed by atoms with Crippen LogP contribution in [0.4, 0.5) is 5.69 Å². The number of thioether (sulfide) groups is 1. The molecule has 17 heavy (non-hydrogen) atoms. The lowest BCUT2D eigenvalue weighted by molar-refractivity contribution is 0.520. The summed E-state index contributed by atoms with van der Waals surface area (Å²) < 4.78 is 25.1. The third-order valence-electron chi connectivity index (χ3n) is 2.13. The molecule has 1 aromatic carbocycles. The van der Waals surface area contributed by atoms with Crippen molar-refractivity contribution in [2.45, 2.75) is 28.9 Å². The smallest absolute Gasteiger partial charge is 0.242 e. The molecule has 1 aromatic rings. The first kappa shape index (κ1) is 14.3. The van der Waals surface area contributed by atoms with Gasteiger partial charge in [0.1, 0.15) is 0 Å². The van der Waals surface area contributed by atoms with Gasteiger partial charge < -0.3 is 5.73 Å². The molecular weight excluding hydrogens is 256 g/mol. The molecule has 0 spiro atoms. The molecule has 0 aromatic heterocycles. The number of sulfonamides is 1. The van der Waals surface area contributed by atoms with Crippen molar-refractivity contribution >= 4 is 27.5 Å². The molecule has 0 atom stereocenters. The van der Waals surface area contributed by atoms with E-state index in [1.54, 1.807) is 23.9 Å². The quantitative estimate of drug-likeness (QED) is 0.674. The molecule has 6 heteroatoms. The molecule has 0 radical (unpaired) electrons. The first-order valence-corrected chi connectivity index (χ1v) is 7.56. The van der Waals surface area contributed by atoms with Gasteiger partial charge in [-0.25, -0.2) is 12.7 Å². The topological polar surface area (TPSA) is 63.4 Å². The summed E-state index contributed by atoms with van der Waals surface area (Å²) in [6, 6.07) is 4.81. The van der Waals surface area contributed by atoms with Crippen molar-refractivity contribution in [2.24, 2.45) is 0 Å². The maximum Gasteiger partial charge on any atom is 0.242 e. The fourth-order valence-corrected chi connectivity index (χ4v) is 3.15. The van der Waals surface area contributed by atoms with Gasteiger partial charge in [-0.3, -0.25) is 0 Å². The van der Waals surface area contributed by atoms with Crippen LogP contribution in [0.5, 0.6) is 0 Å². The summed E-state index contributed by atoms with van der Waals surface area (Å²) in [5.74, 6) is 0. The zero-order valence-electron chi connectivity index (χ0n) is 10.5. The van der Waals surface area contributed by atoms with E-state index in [2.05, 4.69) is 0 Å². The molecule has 0 saturated heterocycles. The molecule has 0 saturated carbocycles. The summed E-state index contributed by atoms with van der Waals surface area (Å²) >= 11 is 1.56. The summed E-state index contributed by atoms with van der Waals surface area (Å²) in [7, 11) is -0.358. The second kappa shape index (κ2) is 5.29. The Morgan fingerprint density at radius 3 is 2.35 bits per heavy atom. The van der Waals surface area contributed by atoms with E-state index in [-0.39, 0.29) is 4.90 Å². The minimum Gasteiger partial charge on any atom is -0.398 e. The molecule has 0 heterocycles. The van der Waals surface area contributed by atoms with Crippen LogP contribution in [0.15, 0.2) is 28.0 Å². The maximum absolute atomic E-state index is 12.0. The van der Waals surface area contributed by atoms with E-state index in [0.29, 0.717) is 10.9 Å². The Morgan fingerprint density at radius 2 is 1.88 bits per heavy atom. The average molecular weight is 274 g/mol. The van der Waals surface area contributed by atoms with Crippen molar-refractivity contribution in [1.82, 2.24) is 4.31 Å². The van der Waals surface area contributed by atoms with Crippen LogP contribution in [0.1, 0.15) is 13.8 Å². The summed E-state index contributed by atoms with van der Waals surface area (Å²) in [4.78, 5) is 1.09. The van der Waals surface area contributed by atoms with Crippen LogP contribution in [0.25, 0.3) is 0 Å². The Balaban J connectivity index is 3.22. The number of rotatable bonds is 4. The zero-order chi connectivity index (χ0) is 13.2. The first-order chi connectivity index (χ1) is 7.75. The van der Waals surface area contributed by atoms with Gasteiger partial charge in [-0.05, 0) is 18.2 Å². The van der Waals surface area contributed by atoms with Crippen LogP contribution in [0.2, 0.25) is 0 Å². The van der Waals surface area contributed by atoms with Crippen LogP contribution < -0.4 is 5.73 Å². The Labute approximate surface area is 107 Å². The molecule has 0 amide bonds. The van der Waals surface area contributed by atoms with E-state index in [1.807, 2.05) is 13.8 Å². The second-order valence-corrected chi connectivity index (χ2v) is 7.92. The van der Waals surface area contributed by atoms with Crippen LogP contribution in [-0.2, 0) is 10.0 Å². The highest BCUT2D eigenvalue weighted by molar-refractivity contribution is 8.00.